The Bertz CT molecular complexity index is 335. The van der Waals surface area contributed by atoms with Gasteiger partial charge in [-0.15, -0.1) is 0 Å². The van der Waals surface area contributed by atoms with Gasteiger partial charge in [-0.25, -0.2) is 4.98 Å². The van der Waals surface area contributed by atoms with Crippen LogP contribution in [0.4, 0.5) is 0 Å². The molecule has 0 amide bonds. The average Bonchev–Trinajstić information content (AvgIpc) is 2.30. The predicted molar refractivity (Wildman–Crippen MR) is 62.6 cm³/mol. The standard InChI is InChI=1S/C12H18N2O2/c1-9(15)11(13-2)6-4-10-5-7-12(16-3)14-8-10/h5,7-8,11,13H,4,6H2,1-3H3/t11-/m0/s1. The zero-order valence-electron chi connectivity index (χ0n) is 9.99. The Hall–Kier alpha value is -1.42. The van der Waals surface area contributed by atoms with E-state index in [0.717, 1.165) is 18.4 Å². The van der Waals surface area contributed by atoms with Crippen LogP contribution < -0.4 is 10.1 Å². The Morgan fingerprint density at radius 3 is 2.75 bits per heavy atom. The quantitative estimate of drug-likeness (QED) is 0.785. The van der Waals surface area contributed by atoms with Gasteiger partial charge in [0.1, 0.15) is 5.78 Å². The molecule has 0 aliphatic rings. The molecule has 1 rings (SSSR count). The van der Waals surface area contributed by atoms with Gasteiger partial charge >= 0.3 is 0 Å². The first-order chi connectivity index (χ1) is 7.67. The molecule has 4 nitrogen and oxygen atoms in total. The molecule has 4 heteroatoms. The minimum Gasteiger partial charge on any atom is -0.481 e. The molecule has 0 radical (unpaired) electrons. The maximum absolute atomic E-state index is 11.2. The van der Waals surface area contributed by atoms with Crippen LogP contribution >= 0.6 is 0 Å². The van der Waals surface area contributed by atoms with Crippen LogP contribution in [0, 0.1) is 0 Å². The second-order valence-electron chi connectivity index (χ2n) is 3.70. The van der Waals surface area contributed by atoms with Crippen molar-refractivity contribution in [1.82, 2.24) is 10.3 Å². The number of methoxy groups -OCH3 is 1. The van der Waals surface area contributed by atoms with Gasteiger partial charge in [-0.1, -0.05) is 6.07 Å². The second kappa shape index (κ2) is 6.23. The number of hydrogen-bond acceptors (Lipinski definition) is 4. The number of nitrogens with zero attached hydrogens (tertiary/aromatic N) is 1. The Morgan fingerprint density at radius 2 is 2.31 bits per heavy atom. The lowest BCUT2D eigenvalue weighted by molar-refractivity contribution is -0.119. The van der Waals surface area contributed by atoms with Crippen molar-refractivity contribution in [3.63, 3.8) is 0 Å². The molecule has 0 aliphatic carbocycles. The molecule has 0 unspecified atom stereocenters. The van der Waals surface area contributed by atoms with Gasteiger partial charge in [0, 0.05) is 12.3 Å². The van der Waals surface area contributed by atoms with E-state index in [4.69, 9.17) is 4.74 Å². The fourth-order valence-corrected chi connectivity index (χ4v) is 1.54. The third-order valence-electron chi connectivity index (χ3n) is 2.57. The summed E-state index contributed by atoms with van der Waals surface area (Å²) in [6.07, 6.45) is 3.41. The molecule has 0 saturated heterocycles. The van der Waals surface area contributed by atoms with Gasteiger partial charge in [-0.3, -0.25) is 4.79 Å². The summed E-state index contributed by atoms with van der Waals surface area (Å²) < 4.78 is 4.98. The van der Waals surface area contributed by atoms with Gasteiger partial charge in [0.15, 0.2) is 0 Å². The third kappa shape index (κ3) is 3.62. The van der Waals surface area contributed by atoms with Gasteiger partial charge in [0.05, 0.1) is 13.2 Å². The maximum atomic E-state index is 11.2. The van der Waals surface area contributed by atoms with Crippen molar-refractivity contribution in [1.29, 1.82) is 0 Å². The van der Waals surface area contributed by atoms with Gasteiger partial charge in [0.2, 0.25) is 5.88 Å². The molecule has 0 aliphatic heterocycles. The van der Waals surface area contributed by atoms with Crippen molar-refractivity contribution in [2.24, 2.45) is 0 Å². The highest BCUT2D eigenvalue weighted by Crippen LogP contribution is 2.09. The van der Waals surface area contributed by atoms with Crippen LogP contribution in [0.1, 0.15) is 18.9 Å². The number of pyridine rings is 1. The topological polar surface area (TPSA) is 51.2 Å². The molecule has 88 valence electrons. The average molecular weight is 222 g/mol. The first-order valence-electron chi connectivity index (χ1n) is 5.34. The minimum atomic E-state index is -0.0675. The molecular weight excluding hydrogens is 204 g/mol. The number of likely N-dealkylation sites (N-methyl/N-ethyl adjacent to an activating group) is 1. The monoisotopic (exact) mass is 222 g/mol. The largest absolute Gasteiger partial charge is 0.481 e. The summed E-state index contributed by atoms with van der Waals surface area (Å²) in [5, 5.41) is 3.00. The van der Waals surface area contributed by atoms with E-state index >= 15 is 0 Å². The molecule has 0 saturated carbocycles. The number of aryl methyl sites for hydroxylation is 1. The second-order valence-corrected chi connectivity index (χ2v) is 3.70. The number of carbonyl (C=O) groups excluding carboxylic acids is 1. The Balaban J connectivity index is 2.50. The summed E-state index contributed by atoms with van der Waals surface area (Å²) in [7, 11) is 3.40. The third-order valence-corrected chi connectivity index (χ3v) is 2.57. The summed E-state index contributed by atoms with van der Waals surface area (Å²) in [5.74, 6) is 0.782. The van der Waals surface area contributed by atoms with Crippen molar-refractivity contribution in [2.45, 2.75) is 25.8 Å². The molecule has 1 heterocycles. The predicted octanol–water partition coefficient (Wildman–Crippen LogP) is 1.20. The van der Waals surface area contributed by atoms with Gasteiger partial charge < -0.3 is 10.1 Å². The van der Waals surface area contributed by atoms with Crippen molar-refractivity contribution in [3.05, 3.63) is 23.9 Å². The molecule has 16 heavy (non-hydrogen) atoms. The van der Waals surface area contributed by atoms with E-state index < -0.39 is 0 Å². The number of rotatable bonds is 6. The number of nitrogens with one attached hydrogen (secondary N) is 1. The number of aromatic nitrogens is 1. The van der Waals surface area contributed by atoms with Crippen LogP contribution in [0.2, 0.25) is 0 Å². The highest BCUT2D eigenvalue weighted by Gasteiger charge is 2.10. The molecule has 1 aromatic rings. The van der Waals surface area contributed by atoms with Crippen molar-refractivity contribution >= 4 is 5.78 Å². The summed E-state index contributed by atoms with van der Waals surface area (Å²) in [5.41, 5.74) is 1.11. The smallest absolute Gasteiger partial charge is 0.212 e. The molecule has 1 N–H and O–H groups in total. The van der Waals surface area contributed by atoms with Crippen LogP contribution in [0.5, 0.6) is 5.88 Å². The number of ether oxygens (including phenoxy) is 1. The first kappa shape index (κ1) is 12.6. The van der Waals surface area contributed by atoms with E-state index in [-0.39, 0.29) is 11.8 Å². The highest BCUT2D eigenvalue weighted by atomic mass is 16.5. The normalized spacial score (nSPS) is 12.2. The van der Waals surface area contributed by atoms with E-state index in [0.29, 0.717) is 5.88 Å². The molecule has 1 atom stereocenters. The number of carbonyl (C=O) groups is 1. The molecule has 0 spiro atoms. The molecule has 0 fully saturated rings. The van der Waals surface area contributed by atoms with E-state index in [1.165, 1.54) is 0 Å². The lowest BCUT2D eigenvalue weighted by Gasteiger charge is -2.12. The van der Waals surface area contributed by atoms with Crippen LogP contribution in [0.15, 0.2) is 18.3 Å². The number of Topliss-reactive ketones (excluding diaryl/α,β-unsaturated/α-hetero) is 1. The van der Waals surface area contributed by atoms with Gasteiger partial charge in [-0.2, -0.15) is 0 Å². The summed E-state index contributed by atoms with van der Waals surface area (Å²) >= 11 is 0. The maximum Gasteiger partial charge on any atom is 0.212 e. The molecule has 1 aromatic heterocycles. The zero-order valence-corrected chi connectivity index (χ0v) is 9.99. The summed E-state index contributed by atoms with van der Waals surface area (Å²) in [6.45, 7) is 1.60. The van der Waals surface area contributed by atoms with Gasteiger partial charge in [0.25, 0.3) is 0 Å². The summed E-state index contributed by atoms with van der Waals surface area (Å²) in [4.78, 5) is 15.3. The lowest BCUT2D eigenvalue weighted by atomic mass is 10.0. The van der Waals surface area contributed by atoms with E-state index in [9.17, 15) is 4.79 Å². The van der Waals surface area contributed by atoms with Crippen LogP contribution in [-0.4, -0.2) is 31.0 Å². The Labute approximate surface area is 96.0 Å². The summed E-state index contributed by atoms with van der Waals surface area (Å²) in [6, 6.07) is 3.73. The van der Waals surface area contributed by atoms with Gasteiger partial charge in [-0.05, 0) is 32.4 Å². The van der Waals surface area contributed by atoms with Crippen LogP contribution in [0.3, 0.4) is 0 Å². The van der Waals surface area contributed by atoms with Crippen molar-refractivity contribution in [2.75, 3.05) is 14.2 Å². The first-order valence-corrected chi connectivity index (χ1v) is 5.34. The molecule has 0 aromatic carbocycles. The fourth-order valence-electron chi connectivity index (χ4n) is 1.54. The lowest BCUT2D eigenvalue weighted by Crippen LogP contribution is -2.32. The van der Waals surface area contributed by atoms with Crippen molar-refractivity contribution in [3.8, 4) is 5.88 Å². The van der Waals surface area contributed by atoms with E-state index in [1.807, 2.05) is 12.1 Å². The van der Waals surface area contributed by atoms with Crippen LogP contribution in [-0.2, 0) is 11.2 Å². The Morgan fingerprint density at radius 1 is 1.56 bits per heavy atom. The minimum absolute atomic E-state index is 0.0675. The van der Waals surface area contributed by atoms with Crippen molar-refractivity contribution < 1.29 is 9.53 Å². The van der Waals surface area contributed by atoms with E-state index in [1.54, 1.807) is 27.3 Å². The molecular formula is C12H18N2O2. The Kier molecular flexibility index (Phi) is 4.92. The zero-order chi connectivity index (χ0) is 12.0. The van der Waals surface area contributed by atoms with E-state index in [2.05, 4.69) is 10.3 Å². The number of hydrogen-bond donors (Lipinski definition) is 1. The number of ketones is 1. The van der Waals surface area contributed by atoms with Crippen LogP contribution in [0.25, 0.3) is 0 Å². The SMILES string of the molecule is CN[C@@H](CCc1ccc(OC)nc1)C(C)=O. The fraction of sp³-hybridized carbons (Fsp3) is 0.500. The molecule has 0 bridgehead atoms. The highest BCUT2D eigenvalue weighted by molar-refractivity contribution is 5.81.